The number of hydrogen-bond acceptors (Lipinski definition) is 3. The van der Waals surface area contributed by atoms with Crippen molar-refractivity contribution in [1.29, 1.82) is 0 Å². The van der Waals surface area contributed by atoms with E-state index in [1.54, 1.807) is 0 Å². The Hall–Kier alpha value is -5.80. The predicted molar refractivity (Wildman–Crippen MR) is 179 cm³/mol. The van der Waals surface area contributed by atoms with Crippen LogP contribution >= 0.6 is 0 Å². The second-order valence-electron chi connectivity index (χ2n) is 10.9. The molecular weight excluding hydrogens is 526 g/mol. The molecule has 3 nitrogen and oxygen atoms in total. The Morgan fingerprint density at radius 3 is 1.91 bits per heavy atom. The summed E-state index contributed by atoms with van der Waals surface area (Å²) in [4.78, 5) is 2.36. The molecule has 9 rings (SSSR count). The van der Waals surface area contributed by atoms with E-state index in [9.17, 15) is 0 Å². The van der Waals surface area contributed by atoms with Gasteiger partial charge < -0.3 is 13.7 Å². The van der Waals surface area contributed by atoms with Crippen molar-refractivity contribution in [3.05, 3.63) is 152 Å². The molecule has 2 heterocycles. The minimum absolute atomic E-state index is 0.868. The summed E-state index contributed by atoms with van der Waals surface area (Å²) in [5.41, 5.74) is 9.07. The van der Waals surface area contributed by atoms with Gasteiger partial charge in [-0.15, -0.1) is 0 Å². The van der Waals surface area contributed by atoms with Crippen LogP contribution in [-0.2, 0) is 0 Å². The lowest BCUT2D eigenvalue weighted by molar-refractivity contribution is 0.669. The average molecular weight is 552 g/mol. The molecule has 0 fully saturated rings. The first kappa shape index (κ1) is 23.9. The highest BCUT2D eigenvalue weighted by molar-refractivity contribution is 6.21. The Bertz CT molecular complexity index is 2450. The van der Waals surface area contributed by atoms with Crippen LogP contribution in [0.15, 0.2) is 160 Å². The van der Waals surface area contributed by atoms with Crippen molar-refractivity contribution < 1.29 is 8.83 Å². The van der Waals surface area contributed by atoms with Crippen molar-refractivity contribution in [3.63, 3.8) is 0 Å². The number of benzene rings is 7. The Kier molecular flexibility index (Phi) is 5.20. The average Bonchev–Trinajstić information content (AvgIpc) is 3.64. The summed E-state index contributed by atoms with van der Waals surface area (Å²) in [7, 11) is 0. The molecule has 0 saturated carbocycles. The van der Waals surface area contributed by atoms with E-state index in [-0.39, 0.29) is 0 Å². The zero-order valence-corrected chi connectivity index (χ0v) is 23.2. The van der Waals surface area contributed by atoms with Crippen LogP contribution < -0.4 is 4.90 Å². The molecular formula is C40H25NO2. The first-order chi connectivity index (χ1) is 21.3. The van der Waals surface area contributed by atoms with E-state index in [1.165, 1.54) is 5.56 Å². The van der Waals surface area contributed by atoms with Crippen LogP contribution in [0.25, 0.3) is 65.8 Å². The van der Waals surface area contributed by atoms with E-state index < -0.39 is 0 Å². The Balaban J connectivity index is 1.37. The van der Waals surface area contributed by atoms with Crippen LogP contribution in [0.4, 0.5) is 17.1 Å². The van der Waals surface area contributed by atoms with Gasteiger partial charge in [-0.05, 0) is 59.7 Å². The fourth-order valence-electron chi connectivity index (χ4n) is 6.50. The highest BCUT2D eigenvalue weighted by atomic mass is 16.3. The second-order valence-corrected chi connectivity index (χ2v) is 10.9. The summed E-state index contributed by atoms with van der Waals surface area (Å²) >= 11 is 0. The molecule has 0 aliphatic rings. The molecule has 0 amide bonds. The third kappa shape index (κ3) is 3.68. The highest BCUT2D eigenvalue weighted by Crippen LogP contribution is 2.47. The van der Waals surface area contributed by atoms with Crippen LogP contribution in [0, 0.1) is 0 Å². The van der Waals surface area contributed by atoms with Crippen molar-refractivity contribution in [2.45, 2.75) is 0 Å². The lowest BCUT2D eigenvalue weighted by Crippen LogP contribution is -2.10. The van der Waals surface area contributed by atoms with Gasteiger partial charge in [0.05, 0.1) is 16.8 Å². The summed E-state index contributed by atoms with van der Waals surface area (Å²) in [6.45, 7) is 0. The van der Waals surface area contributed by atoms with Gasteiger partial charge in [0.15, 0.2) is 0 Å². The third-order valence-electron chi connectivity index (χ3n) is 8.44. The Morgan fingerprint density at radius 1 is 0.372 bits per heavy atom. The quantitative estimate of drug-likeness (QED) is 0.218. The molecule has 0 atom stereocenters. The van der Waals surface area contributed by atoms with Crippen molar-refractivity contribution in [1.82, 2.24) is 0 Å². The van der Waals surface area contributed by atoms with E-state index in [0.717, 1.165) is 77.3 Å². The summed E-state index contributed by atoms with van der Waals surface area (Å²) in [6.07, 6.45) is 0. The standard InChI is InChI=1S/C40H25NO2/c1-3-12-26(13-4-1)27-22-23-30-33-25-35(29-16-7-8-17-31(29)40(33)43-38(30)24-27)41(28-14-5-2-6-15-28)34-19-11-21-37-39(34)32-18-9-10-20-36(32)42-37/h1-25H. The van der Waals surface area contributed by atoms with E-state index in [4.69, 9.17) is 8.83 Å². The molecule has 3 heteroatoms. The number of para-hydroxylation sites is 2. The first-order valence-corrected chi connectivity index (χ1v) is 14.5. The minimum atomic E-state index is 0.868. The zero-order chi connectivity index (χ0) is 28.3. The summed E-state index contributed by atoms with van der Waals surface area (Å²) in [5, 5.41) is 6.58. The largest absolute Gasteiger partial charge is 0.456 e. The number of hydrogen-bond donors (Lipinski definition) is 0. The van der Waals surface area contributed by atoms with Crippen LogP contribution in [-0.4, -0.2) is 0 Å². The lowest BCUT2D eigenvalue weighted by Gasteiger charge is -2.27. The first-order valence-electron chi connectivity index (χ1n) is 14.5. The predicted octanol–water partition coefficient (Wildman–Crippen LogP) is 11.8. The molecule has 2 aromatic heterocycles. The number of rotatable bonds is 4. The van der Waals surface area contributed by atoms with E-state index in [1.807, 2.05) is 18.2 Å². The molecule has 0 bridgehead atoms. The maximum atomic E-state index is 6.66. The monoisotopic (exact) mass is 551 g/mol. The molecule has 0 aliphatic carbocycles. The molecule has 0 radical (unpaired) electrons. The molecule has 0 aliphatic heterocycles. The van der Waals surface area contributed by atoms with Crippen LogP contribution in [0.1, 0.15) is 0 Å². The van der Waals surface area contributed by atoms with Gasteiger partial charge >= 0.3 is 0 Å². The molecule has 202 valence electrons. The van der Waals surface area contributed by atoms with Gasteiger partial charge in [0, 0.05) is 32.6 Å². The minimum Gasteiger partial charge on any atom is -0.456 e. The third-order valence-corrected chi connectivity index (χ3v) is 8.44. The van der Waals surface area contributed by atoms with Crippen molar-refractivity contribution in [2.75, 3.05) is 4.90 Å². The normalized spacial score (nSPS) is 11.7. The van der Waals surface area contributed by atoms with Gasteiger partial charge in [0.25, 0.3) is 0 Å². The van der Waals surface area contributed by atoms with Crippen molar-refractivity contribution >= 4 is 71.7 Å². The number of furan rings is 2. The van der Waals surface area contributed by atoms with Crippen molar-refractivity contribution in [2.24, 2.45) is 0 Å². The molecule has 0 unspecified atom stereocenters. The molecule has 7 aromatic carbocycles. The highest BCUT2D eigenvalue weighted by Gasteiger charge is 2.23. The van der Waals surface area contributed by atoms with Crippen LogP contribution in [0.3, 0.4) is 0 Å². The smallest absolute Gasteiger partial charge is 0.143 e. The van der Waals surface area contributed by atoms with Crippen LogP contribution in [0.2, 0.25) is 0 Å². The van der Waals surface area contributed by atoms with Gasteiger partial charge in [0.2, 0.25) is 0 Å². The number of nitrogens with zero attached hydrogens (tertiary/aromatic N) is 1. The van der Waals surface area contributed by atoms with Gasteiger partial charge in [0.1, 0.15) is 22.3 Å². The Morgan fingerprint density at radius 2 is 1.07 bits per heavy atom. The fraction of sp³-hybridized carbons (Fsp3) is 0. The van der Waals surface area contributed by atoms with E-state index in [0.29, 0.717) is 0 Å². The zero-order valence-electron chi connectivity index (χ0n) is 23.2. The summed E-state index contributed by atoms with van der Waals surface area (Å²) in [6, 6.07) is 53.0. The SMILES string of the molecule is c1ccc(-c2ccc3c(c2)oc2c4ccccc4c(N(c4ccccc4)c4cccc5oc6ccccc6c45)cc32)cc1. The number of anilines is 3. The van der Waals surface area contributed by atoms with Crippen molar-refractivity contribution in [3.8, 4) is 11.1 Å². The molecule has 0 N–H and O–H groups in total. The van der Waals surface area contributed by atoms with Gasteiger partial charge in [-0.3, -0.25) is 0 Å². The van der Waals surface area contributed by atoms with Gasteiger partial charge in [-0.25, -0.2) is 0 Å². The number of fused-ring (bicyclic) bond motifs is 8. The topological polar surface area (TPSA) is 29.5 Å². The van der Waals surface area contributed by atoms with Gasteiger partial charge in [-0.2, -0.15) is 0 Å². The van der Waals surface area contributed by atoms with Crippen LogP contribution in [0.5, 0.6) is 0 Å². The molecule has 0 spiro atoms. The molecule has 0 saturated heterocycles. The molecule has 9 aromatic rings. The van der Waals surface area contributed by atoms with Gasteiger partial charge in [-0.1, -0.05) is 103 Å². The van der Waals surface area contributed by atoms with E-state index in [2.05, 4.69) is 138 Å². The lowest BCUT2D eigenvalue weighted by atomic mass is 10.00. The molecule has 43 heavy (non-hydrogen) atoms. The van der Waals surface area contributed by atoms with E-state index >= 15 is 0 Å². The second kappa shape index (κ2) is 9.37. The fourth-order valence-corrected chi connectivity index (χ4v) is 6.50. The maximum Gasteiger partial charge on any atom is 0.143 e. The summed E-state index contributed by atoms with van der Waals surface area (Å²) in [5.74, 6) is 0. The Labute approximate surface area is 247 Å². The maximum absolute atomic E-state index is 6.66. The summed E-state index contributed by atoms with van der Waals surface area (Å²) < 4.78 is 13.0.